The summed E-state index contributed by atoms with van der Waals surface area (Å²) in [5, 5.41) is 16.2. The molecule has 0 atom stereocenters. The van der Waals surface area contributed by atoms with E-state index in [0.717, 1.165) is 4.88 Å². The fraction of sp³-hybridized carbons (Fsp3) is 0.167. The first-order chi connectivity index (χ1) is 9.72. The minimum absolute atomic E-state index is 0.0859. The fourth-order valence-electron chi connectivity index (χ4n) is 1.70. The number of rotatable bonds is 4. The summed E-state index contributed by atoms with van der Waals surface area (Å²) in [6.07, 6.45) is 1.93. The van der Waals surface area contributed by atoms with Gasteiger partial charge in [-0.2, -0.15) is 5.10 Å². The van der Waals surface area contributed by atoms with E-state index in [1.165, 1.54) is 11.3 Å². The van der Waals surface area contributed by atoms with Crippen molar-refractivity contribution in [2.75, 3.05) is 5.32 Å². The number of carbonyl (C=O) groups excluding carboxylic acids is 1. The van der Waals surface area contributed by atoms with Gasteiger partial charge in [-0.3, -0.25) is 14.8 Å². The number of hydrogen-bond acceptors (Lipinski definition) is 6. The van der Waals surface area contributed by atoms with E-state index in [9.17, 15) is 4.79 Å². The average molecular weight is 289 g/mol. The SMILES string of the molecule is Cn1nccc1-c1nnc(NC(=O)Cc2cccs2)o1. The number of amides is 1. The summed E-state index contributed by atoms with van der Waals surface area (Å²) in [5.41, 5.74) is 0.691. The van der Waals surface area contributed by atoms with Crippen LogP contribution in [0.25, 0.3) is 11.6 Å². The summed E-state index contributed by atoms with van der Waals surface area (Å²) in [5.74, 6) is 0.129. The Balaban J connectivity index is 1.68. The molecule has 0 spiro atoms. The molecule has 0 saturated carbocycles. The molecule has 0 saturated heterocycles. The van der Waals surface area contributed by atoms with Crippen LogP contribution in [0, 0.1) is 0 Å². The van der Waals surface area contributed by atoms with Crippen LogP contribution in [0.3, 0.4) is 0 Å². The van der Waals surface area contributed by atoms with E-state index < -0.39 is 0 Å². The van der Waals surface area contributed by atoms with E-state index in [-0.39, 0.29) is 11.9 Å². The highest BCUT2D eigenvalue weighted by molar-refractivity contribution is 7.10. The van der Waals surface area contributed by atoms with Crippen LogP contribution in [0.4, 0.5) is 6.01 Å². The number of aryl methyl sites for hydroxylation is 1. The van der Waals surface area contributed by atoms with E-state index in [4.69, 9.17) is 4.42 Å². The summed E-state index contributed by atoms with van der Waals surface area (Å²) in [6.45, 7) is 0. The second-order valence-electron chi connectivity index (χ2n) is 4.06. The van der Waals surface area contributed by atoms with Gasteiger partial charge in [0.2, 0.25) is 5.91 Å². The topological polar surface area (TPSA) is 85.8 Å². The predicted octanol–water partition coefficient (Wildman–Crippen LogP) is 1.71. The molecule has 3 rings (SSSR count). The van der Waals surface area contributed by atoms with Crippen molar-refractivity contribution in [2.45, 2.75) is 6.42 Å². The number of nitrogens with one attached hydrogen (secondary N) is 1. The van der Waals surface area contributed by atoms with Gasteiger partial charge < -0.3 is 4.42 Å². The fourth-order valence-corrected chi connectivity index (χ4v) is 2.40. The monoisotopic (exact) mass is 289 g/mol. The number of anilines is 1. The quantitative estimate of drug-likeness (QED) is 0.790. The maximum Gasteiger partial charge on any atom is 0.322 e. The number of aromatic nitrogens is 4. The van der Waals surface area contributed by atoms with Crippen molar-refractivity contribution in [3.05, 3.63) is 34.7 Å². The van der Waals surface area contributed by atoms with E-state index >= 15 is 0 Å². The Morgan fingerprint density at radius 3 is 3.05 bits per heavy atom. The van der Waals surface area contributed by atoms with Crippen LogP contribution in [0.5, 0.6) is 0 Å². The van der Waals surface area contributed by atoms with Crippen LogP contribution < -0.4 is 5.32 Å². The first-order valence-electron chi connectivity index (χ1n) is 5.86. The van der Waals surface area contributed by atoms with Gasteiger partial charge in [-0.1, -0.05) is 11.2 Å². The molecule has 0 bridgehead atoms. The molecule has 8 heteroatoms. The van der Waals surface area contributed by atoms with Crippen molar-refractivity contribution in [1.29, 1.82) is 0 Å². The maximum absolute atomic E-state index is 11.8. The summed E-state index contributed by atoms with van der Waals surface area (Å²) in [7, 11) is 1.77. The Kier molecular flexibility index (Phi) is 3.30. The molecule has 0 radical (unpaired) electrons. The molecule has 20 heavy (non-hydrogen) atoms. The van der Waals surface area contributed by atoms with Crippen LogP contribution in [0.2, 0.25) is 0 Å². The van der Waals surface area contributed by atoms with Gasteiger partial charge >= 0.3 is 6.01 Å². The normalized spacial score (nSPS) is 10.7. The first-order valence-corrected chi connectivity index (χ1v) is 6.74. The second-order valence-corrected chi connectivity index (χ2v) is 5.09. The third-order valence-corrected chi connectivity index (χ3v) is 3.50. The molecule has 0 aliphatic heterocycles. The molecule has 0 fully saturated rings. The standard InChI is InChI=1S/C12H11N5O2S/c1-17-9(4-5-13-17)11-15-16-12(19-11)14-10(18)7-8-3-2-6-20-8/h2-6H,7H2,1H3,(H,14,16,18). The van der Waals surface area contributed by atoms with Crippen LogP contribution in [-0.2, 0) is 18.3 Å². The van der Waals surface area contributed by atoms with Crippen molar-refractivity contribution in [3.63, 3.8) is 0 Å². The zero-order chi connectivity index (χ0) is 13.9. The molecule has 1 amide bonds. The van der Waals surface area contributed by atoms with Gasteiger partial charge in [0, 0.05) is 18.1 Å². The van der Waals surface area contributed by atoms with Gasteiger partial charge in [0.1, 0.15) is 5.69 Å². The van der Waals surface area contributed by atoms with Gasteiger partial charge in [-0.15, -0.1) is 16.4 Å². The van der Waals surface area contributed by atoms with E-state index in [1.54, 1.807) is 24.0 Å². The molecule has 102 valence electrons. The molecule has 0 aliphatic rings. The lowest BCUT2D eigenvalue weighted by Gasteiger charge is -1.98. The van der Waals surface area contributed by atoms with Crippen LogP contribution in [-0.4, -0.2) is 25.9 Å². The highest BCUT2D eigenvalue weighted by Crippen LogP contribution is 2.18. The Labute approximate surface area is 118 Å². The second kappa shape index (κ2) is 5.25. The predicted molar refractivity (Wildman–Crippen MR) is 73.2 cm³/mol. The molecule has 3 aromatic rings. The Morgan fingerprint density at radius 2 is 2.35 bits per heavy atom. The molecule has 7 nitrogen and oxygen atoms in total. The van der Waals surface area contributed by atoms with Gasteiger partial charge in [-0.25, -0.2) is 0 Å². The molecule has 3 heterocycles. The largest absolute Gasteiger partial charge is 0.401 e. The van der Waals surface area contributed by atoms with Crippen molar-refractivity contribution in [2.24, 2.45) is 7.05 Å². The third kappa shape index (κ3) is 2.59. The number of carbonyl (C=O) groups is 1. The maximum atomic E-state index is 11.8. The molecule has 0 aliphatic carbocycles. The van der Waals surface area contributed by atoms with Gasteiger partial charge in [0.25, 0.3) is 5.89 Å². The number of nitrogens with zero attached hydrogens (tertiary/aromatic N) is 4. The Morgan fingerprint density at radius 1 is 1.45 bits per heavy atom. The molecule has 3 aromatic heterocycles. The number of thiophene rings is 1. The third-order valence-electron chi connectivity index (χ3n) is 2.63. The minimum Gasteiger partial charge on any atom is -0.401 e. The van der Waals surface area contributed by atoms with E-state index in [2.05, 4.69) is 20.6 Å². The molecule has 0 aromatic carbocycles. The Bertz CT molecular complexity index is 716. The minimum atomic E-state index is -0.187. The summed E-state index contributed by atoms with van der Waals surface area (Å²) < 4.78 is 7.00. The van der Waals surface area contributed by atoms with Crippen molar-refractivity contribution < 1.29 is 9.21 Å². The van der Waals surface area contributed by atoms with Crippen LogP contribution in [0.15, 0.2) is 34.2 Å². The number of hydrogen-bond donors (Lipinski definition) is 1. The summed E-state index contributed by atoms with van der Waals surface area (Å²) in [6, 6.07) is 5.65. The highest BCUT2D eigenvalue weighted by atomic mass is 32.1. The van der Waals surface area contributed by atoms with Gasteiger partial charge in [0.15, 0.2) is 0 Å². The lowest BCUT2D eigenvalue weighted by molar-refractivity contribution is -0.115. The molecular weight excluding hydrogens is 278 g/mol. The zero-order valence-corrected chi connectivity index (χ0v) is 11.4. The lowest BCUT2D eigenvalue weighted by atomic mass is 10.3. The zero-order valence-electron chi connectivity index (χ0n) is 10.6. The van der Waals surface area contributed by atoms with Crippen molar-refractivity contribution >= 4 is 23.3 Å². The van der Waals surface area contributed by atoms with E-state index in [1.807, 2.05) is 17.5 Å². The molecular formula is C12H11N5O2S. The summed E-state index contributed by atoms with van der Waals surface area (Å²) >= 11 is 1.53. The first kappa shape index (κ1) is 12.5. The lowest BCUT2D eigenvalue weighted by Crippen LogP contribution is -2.13. The van der Waals surface area contributed by atoms with E-state index in [0.29, 0.717) is 18.0 Å². The highest BCUT2D eigenvalue weighted by Gasteiger charge is 2.14. The van der Waals surface area contributed by atoms with Crippen molar-refractivity contribution in [1.82, 2.24) is 20.0 Å². The molecule has 1 N–H and O–H groups in total. The van der Waals surface area contributed by atoms with Gasteiger partial charge in [-0.05, 0) is 17.5 Å². The van der Waals surface area contributed by atoms with Gasteiger partial charge in [0.05, 0.1) is 6.42 Å². The van der Waals surface area contributed by atoms with Crippen molar-refractivity contribution in [3.8, 4) is 11.6 Å². The Hall–Kier alpha value is -2.48. The summed E-state index contributed by atoms with van der Waals surface area (Å²) in [4.78, 5) is 12.8. The average Bonchev–Trinajstić information content (AvgIpc) is 3.11. The smallest absolute Gasteiger partial charge is 0.322 e. The van der Waals surface area contributed by atoms with Crippen LogP contribution >= 0.6 is 11.3 Å². The molecule has 0 unspecified atom stereocenters. The van der Waals surface area contributed by atoms with Crippen LogP contribution in [0.1, 0.15) is 4.88 Å².